The number of halogens is 2. The molecule has 0 radical (unpaired) electrons. The van der Waals surface area contributed by atoms with Gasteiger partial charge in [-0.15, -0.1) is 0 Å². The van der Waals surface area contributed by atoms with Crippen LogP contribution < -0.4 is 0 Å². The largest absolute Gasteiger partial charge is 0.380 e. The number of nitriles is 1. The van der Waals surface area contributed by atoms with Crippen LogP contribution in [0, 0.1) is 23.0 Å². The van der Waals surface area contributed by atoms with Gasteiger partial charge in [-0.05, 0) is 59.2 Å². The summed E-state index contributed by atoms with van der Waals surface area (Å²) < 4.78 is 34.0. The van der Waals surface area contributed by atoms with Crippen LogP contribution in [0.3, 0.4) is 0 Å². The number of rotatable bonds is 6. The predicted octanol–water partition coefficient (Wildman–Crippen LogP) is 5.98. The molecule has 4 rings (SSSR count). The Labute approximate surface area is 179 Å². The van der Waals surface area contributed by atoms with E-state index in [1.807, 2.05) is 30.3 Å². The van der Waals surface area contributed by atoms with Crippen LogP contribution in [0.4, 0.5) is 8.78 Å². The first-order valence-electron chi connectivity index (χ1n) is 9.93. The average molecular weight is 414 g/mol. The standard InChI is InChI=1S/C26H20F2N2O/c1-31-16-18-4-11-25(30-15-18)21-9-10-23-20(13-21)8-7-19(26(23)28)5-2-17-3-6-22(14-29)24(27)12-17/h3-4,6-13,15H,2,5,16H2,1H3. The van der Waals surface area contributed by atoms with Crippen LogP contribution in [0.25, 0.3) is 22.0 Å². The van der Waals surface area contributed by atoms with Crippen LogP contribution in [-0.2, 0) is 24.2 Å². The minimum atomic E-state index is -0.546. The summed E-state index contributed by atoms with van der Waals surface area (Å²) in [6, 6.07) is 19.4. The van der Waals surface area contributed by atoms with Gasteiger partial charge in [-0.3, -0.25) is 4.98 Å². The van der Waals surface area contributed by atoms with Crippen LogP contribution in [-0.4, -0.2) is 12.1 Å². The van der Waals surface area contributed by atoms with Crippen LogP contribution in [0.5, 0.6) is 0 Å². The SMILES string of the molecule is COCc1ccc(-c2ccc3c(F)c(CCc4ccc(C#N)c(F)c4)ccc3c2)nc1. The molecule has 0 saturated heterocycles. The summed E-state index contributed by atoms with van der Waals surface area (Å²) in [7, 11) is 1.64. The molecule has 0 aliphatic carbocycles. The number of ether oxygens (including phenoxy) is 1. The lowest BCUT2D eigenvalue weighted by Crippen LogP contribution is -1.97. The Morgan fingerprint density at radius 2 is 1.77 bits per heavy atom. The third-order valence-electron chi connectivity index (χ3n) is 5.30. The Morgan fingerprint density at radius 1 is 0.935 bits per heavy atom. The second-order valence-electron chi connectivity index (χ2n) is 7.39. The van der Waals surface area contributed by atoms with Gasteiger partial charge in [-0.1, -0.05) is 36.4 Å². The number of fused-ring (bicyclic) bond motifs is 1. The molecule has 154 valence electrons. The number of hydrogen-bond donors (Lipinski definition) is 0. The molecule has 0 unspecified atom stereocenters. The van der Waals surface area contributed by atoms with Gasteiger partial charge in [0.05, 0.1) is 17.9 Å². The summed E-state index contributed by atoms with van der Waals surface area (Å²) in [6.07, 6.45) is 2.71. The minimum Gasteiger partial charge on any atom is -0.380 e. The fourth-order valence-corrected chi connectivity index (χ4v) is 3.62. The molecule has 1 aromatic heterocycles. The molecule has 31 heavy (non-hydrogen) atoms. The van der Waals surface area contributed by atoms with Crippen molar-refractivity contribution in [1.29, 1.82) is 5.26 Å². The first-order chi connectivity index (χ1) is 15.1. The number of aromatic nitrogens is 1. The van der Waals surface area contributed by atoms with E-state index in [2.05, 4.69) is 4.98 Å². The van der Waals surface area contributed by atoms with E-state index in [9.17, 15) is 4.39 Å². The van der Waals surface area contributed by atoms with Crippen molar-refractivity contribution in [2.24, 2.45) is 0 Å². The number of hydrogen-bond acceptors (Lipinski definition) is 3. The van der Waals surface area contributed by atoms with Crippen molar-refractivity contribution in [2.75, 3.05) is 7.11 Å². The molecule has 0 saturated carbocycles. The fraction of sp³-hybridized carbons (Fsp3) is 0.154. The molecular formula is C26H20F2N2O. The zero-order valence-electron chi connectivity index (χ0n) is 17.0. The van der Waals surface area contributed by atoms with Gasteiger partial charge in [0.15, 0.2) is 0 Å². The Bertz CT molecular complexity index is 1280. The van der Waals surface area contributed by atoms with Crippen molar-refractivity contribution in [3.8, 4) is 17.3 Å². The highest BCUT2D eigenvalue weighted by molar-refractivity contribution is 5.88. The van der Waals surface area contributed by atoms with E-state index in [4.69, 9.17) is 10.00 Å². The summed E-state index contributed by atoms with van der Waals surface area (Å²) >= 11 is 0. The number of pyridine rings is 1. The second-order valence-corrected chi connectivity index (χ2v) is 7.39. The van der Waals surface area contributed by atoms with Gasteiger partial charge in [0.1, 0.15) is 17.7 Å². The molecule has 3 nitrogen and oxygen atoms in total. The molecule has 0 bridgehead atoms. The number of nitrogens with zero attached hydrogens (tertiary/aromatic N) is 2. The molecule has 0 aliphatic heterocycles. The molecule has 3 aromatic carbocycles. The average Bonchev–Trinajstić information content (AvgIpc) is 2.79. The zero-order valence-corrected chi connectivity index (χ0v) is 17.0. The van der Waals surface area contributed by atoms with E-state index in [1.165, 1.54) is 12.1 Å². The lowest BCUT2D eigenvalue weighted by Gasteiger charge is -2.09. The van der Waals surface area contributed by atoms with Crippen LogP contribution in [0.1, 0.15) is 22.3 Å². The molecular weight excluding hydrogens is 394 g/mol. The van der Waals surface area contributed by atoms with Crippen LogP contribution in [0.2, 0.25) is 0 Å². The molecule has 0 aliphatic rings. The maximum absolute atomic E-state index is 15.1. The summed E-state index contributed by atoms with van der Waals surface area (Å²) in [5.74, 6) is -0.808. The summed E-state index contributed by atoms with van der Waals surface area (Å²) in [5, 5.41) is 10.2. The maximum Gasteiger partial charge on any atom is 0.141 e. The van der Waals surface area contributed by atoms with E-state index in [0.29, 0.717) is 30.4 Å². The van der Waals surface area contributed by atoms with E-state index >= 15 is 4.39 Å². The van der Waals surface area contributed by atoms with Crippen molar-refractivity contribution < 1.29 is 13.5 Å². The van der Waals surface area contributed by atoms with Gasteiger partial charge in [0.25, 0.3) is 0 Å². The summed E-state index contributed by atoms with van der Waals surface area (Å²) in [5.41, 5.74) is 4.04. The smallest absolute Gasteiger partial charge is 0.141 e. The van der Waals surface area contributed by atoms with E-state index in [1.54, 1.807) is 37.6 Å². The summed E-state index contributed by atoms with van der Waals surface area (Å²) in [6.45, 7) is 0.508. The Hall–Kier alpha value is -3.62. The Balaban J connectivity index is 1.56. The monoisotopic (exact) mass is 414 g/mol. The Kier molecular flexibility index (Phi) is 6.01. The predicted molar refractivity (Wildman–Crippen MR) is 116 cm³/mol. The normalized spacial score (nSPS) is 10.9. The third-order valence-corrected chi connectivity index (χ3v) is 5.30. The van der Waals surface area contributed by atoms with Gasteiger partial charge >= 0.3 is 0 Å². The van der Waals surface area contributed by atoms with Crippen molar-refractivity contribution in [1.82, 2.24) is 4.98 Å². The molecule has 0 fully saturated rings. The first-order valence-corrected chi connectivity index (χ1v) is 9.93. The Morgan fingerprint density at radius 3 is 2.48 bits per heavy atom. The number of aryl methyl sites for hydroxylation is 2. The fourth-order valence-electron chi connectivity index (χ4n) is 3.62. The molecule has 0 amide bonds. The summed E-state index contributed by atoms with van der Waals surface area (Å²) in [4.78, 5) is 4.47. The highest BCUT2D eigenvalue weighted by atomic mass is 19.1. The van der Waals surface area contributed by atoms with Crippen LogP contribution in [0.15, 0.2) is 66.9 Å². The lowest BCUT2D eigenvalue weighted by molar-refractivity contribution is 0.184. The van der Waals surface area contributed by atoms with E-state index in [0.717, 1.165) is 27.8 Å². The topological polar surface area (TPSA) is 45.9 Å². The lowest BCUT2D eigenvalue weighted by atomic mass is 9.98. The van der Waals surface area contributed by atoms with Crippen molar-refractivity contribution in [3.05, 3.63) is 101 Å². The van der Waals surface area contributed by atoms with Crippen molar-refractivity contribution >= 4 is 10.8 Å². The maximum atomic E-state index is 15.1. The molecule has 0 atom stereocenters. The van der Waals surface area contributed by atoms with Crippen LogP contribution >= 0.6 is 0 Å². The molecule has 1 heterocycles. The van der Waals surface area contributed by atoms with E-state index in [-0.39, 0.29) is 11.4 Å². The zero-order chi connectivity index (χ0) is 21.8. The third kappa shape index (κ3) is 4.45. The van der Waals surface area contributed by atoms with Crippen molar-refractivity contribution in [3.63, 3.8) is 0 Å². The number of benzene rings is 3. The van der Waals surface area contributed by atoms with Gasteiger partial charge in [0, 0.05) is 24.3 Å². The van der Waals surface area contributed by atoms with Gasteiger partial charge in [-0.2, -0.15) is 5.26 Å². The minimum absolute atomic E-state index is 0.0132. The highest BCUT2D eigenvalue weighted by Crippen LogP contribution is 2.27. The first kappa shape index (κ1) is 20.6. The quantitative estimate of drug-likeness (QED) is 0.390. The molecule has 5 heteroatoms. The van der Waals surface area contributed by atoms with Gasteiger partial charge in [0.2, 0.25) is 0 Å². The molecule has 4 aromatic rings. The van der Waals surface area contributed by atoms with Crippen molar-refractivity contribution in [2.45, 2.75) is 19.4 Å². The second kappa shape index (κ2) is 9.03. The van der Waals surface area contributed by atoms with E-state index < -0.39 is 5.82 Å². The van der Waals surface area contributed by atoms with Gasteiger partial charge in [-0.25, -0.2) is 8.78 Å². The van der Waals surface area contributed by atoms with Gasteiger partial charge < -0.3 is 4.74 Å². The highest BCUT2D eigenvalue weighted by Gasteiger charge is 2.10. The molecule has 0 N–H and O–H groups in total. The molecule has 0 spiro atoms. The number of methoxy groups -OCH3 is 1.